The van der Waals surface area contributed by atoms with Crippen LogP contribution in [0.1, 0.15) is 11.4 Å². The first-order chi connectivity index (χ1) is 11.1. The van der Waals surface area contributed by atoms with Crippen LogP contribution in [0.5, 0.6) is 5.75 Å². The van der Waals surface area contributed by atoms with Crippen LogP contribution < -0.4 is 10.1 Å². The minimum absolute atomic E-state index is 0.498. The van der Waals surface area contributed by atoms with Gasteiger partial charge in [-0.05, 0) is 35.9 Å². The van der Waals surface area contributed by atoms with Crippen LogP contribution in [0.4, 0.5) is 10.8 Å². The summed E-state index contributed by atoms with van der Waals surface area (Å²) in [5.74, 6) is 1.58. The van der Waals surface area contributed by atoms with Crippen LogP contribution in [-0.2, 0) is 6.42 Å². The summed E-state index contributed by atoms with van der Waals surface area (Å²) in [6.45, 7) is 0. The van der Waals surface area contributed by atoms with E-state index in [9.17, 15) is 0 Å². The number of ether oxygens (including phenoxy) is 1. The lowest BCUT2D eigenvalue weighted by Gasteiger charge is -2.03. The van der Waals surface area contributed by atoms with Crippen molar-refractivity contribution >= 4 is 45.6 Å². The Labute approximate surface area is 148 Å². The molecular weight excluding hydrogens is 353 g/mol. The number of benzene rings is 2. The standard InChI is InChI=1S/C16H13Cl2N3OS/c1-22-12-4-2-3-10(7-12)8-15-20-16(23-21-15)19-11-5-6-13(17)14(18)9-11/h2-7,9H,8H2,1H3,(H,19,20,21). The van der Waals surface area contributed by atoms with E-state index >= 15 is 0 Å². The van der Waals surface area contributed by atoms with E-state index in [0.29, 0.717) is 21.6 Å². The molecule has 1 N–H and O–H groups in total. The molecule has 0 atom stereocenters. The third-order valence-corrected chi connectivity index (χ3v) is 4.54. The predicted octanol–water partition coefficient (Wildman–Crippen LogP) is 5.19. The molecule has 0 unspecified atom stereocenters. The van der Waals surface area contributed by atoms with Gasteiger partial charge in [0, 0.05) is 23.6 Å². The molecule has 1 aromatic heterocycles. The largest absolute Gasteiger partial charge is 0.497 e. The number of nitrogens with zero attached hydrogens (tertiary/aromatic N) is 2. The van der Waals surface area contributed by atoms with Gasteiger partial charge in [0.1, 0.15) is 11.6 Å². The van der Waals surface area contributed by atoms with Crippen molar-refractivity contribution in [3.8, 4) is 5.75 Å². The topological polar surface area (TPSA) is 47.0 Å². The molecule has 0 aliphatic carbocycles. The van der Waals surface area contributed by atoms with Gasteiger partial charge < -0.3 is 10.1 Å². The molecule has 0 spiro atoms. The van der Waals surface area contributed by atoms with Crippen LogP contribution in [0.15, 0.2) is 42.5 Å². The molecule has 1 heterocycles. The van der Waals surface area contributed by atoms with Crippen LogP contribution in [0.25, 0.3) is 0 Å². The van der Waals surface area contributed by atoms with Crippen LogP contribution in [0.2, 0.25) is 10.0 Å². The van der Waals surface area contributed by atoms with Crippen molar-refractivity contribution in [2.24, 2.45) is 0 Å². The van der Waals surface area contributed by atoms with Gasteiger partial charge in [0.15, 0.2) is 0 Å². The Morgan fingerprint density at radius 3 is 2.78 bits per heavy atom. The number of hydrogen-bond donors (Lipinski definition) is 1. The van der Waals surface area contributed by atoms with Crippen LogP contribution >= 0.6 is 34.7 Å². The Morgan fingerprint density at radius 1 is 1.13 bits per heavy atom. The Morgan fingerprint density at radius 2 is 2.00 bits per heavy atom. The summed E-state index contributed by atoms with van der Waals surface area (Å²) in [4.78, 5) is 4.49. The van der Waals surface area contributed by atoms with Crippen molar-refractivity contribution in [2.45, 2.75) is 6.42 Å². The van der Waals surface area contributed by atoms with E-state index in [4.69, 9.17) is 27.9 Å². The van der Waals surface area contributed by atoms with Gasteiger partial charge in [0.2, 0.25) is 5.13 Å². The fourth-order valence-electron chi connectivity index (χ4n) is 2.04. The summed E-state index contributed by atoms with van der Waals surface area (Å²) in [5, 5.41) is 4.91. The number of halogens is 2. The van der Waals surface area contributed by atoms with Crippen LogP contribution in [0.3, 0.4) is 0 Å². The molecule has 23 heavy (non-hydrogen) atoms. The molecule has 0 saturated carbocycles. The molecule has 0 fully saturated rings. The minimum Gasteiger partial charge on any atom is -0.497 e. The lowest BCUT2D eigenvalue weighted by atomic mass is 10.1. The van der Waals surface area contributed by atoms with E-state index < -0.39 is 0 Å². The number of rotatable bonds is 5. The highest BCUT2D eigenvalue weighted by Gasteiger charge is 2.07. The number of aromatic nitrogens is 2. The first-order valence-corrected chi connectivity index (χ1v) is 8.34. The second-order valence-electron chi connectivity index (χ2n) is 4.80. The molecule has 0 bridgehead atoms. The normalized spacial score (nSPS) is 10.6. The van der Waals surface area contributed by atoms with Gasteiger partial charge in [-0.15, -0.1) is 0 Å². The third-order valence-electron chi connectivity index (χ3n) is 3.14. The molecule has 0 saturated heterocycles. The lowest BCUT2D eigenvalue weighted by molar-refractivity contribution is 0.414. The summed E-state index contributed by atoms with van der Waals surface area (Å²) in [6, 6.07) is 13.2. The molecule has 0 amide bonds. The lowest BCUT2D eigenvalue weighted by Crippen LogP contribution is -1.93. The van der Waals surface area contributed by atoms with Crippen molar-refractivity contribution in [1.29, 1.82) is 0 Å². The maximum atomic E-state index is 6.00. The van der Waals surface area contributed by atoms with Gasteiger partial charge in [0.25, 0.3) is 0 Å². The van der Waals surface area contributed by atoms with E-state index in [1.54, 1.807) is 19.2 Å². The monoisotopic (exact) mass is 365 g/mol. The highest BCUT2D eigenvalue weighted by atomic mass is 35.5. The molecule has 3 aromatic rings. The molecule has 4 nitrogen and oxygen atoms in total. The Hall–Kier alpha value is -1.82. The Kier molecular flexibility index (Phi) is 5.00. The molecule has 0 radical (unpaired) electrons. The highest BCUT2D eigenvalue weighted by molar-refractivity contribution is 7.09. The van der Waals surface area contributed by atoms with Gasteiger partial charge in [-0.2, -0.15) is 4.37 Å². The fourth-order valence-corrected chi connectivity index (χ4v) is 2.94. The van der Waals surface area contributed by atoms with Crippen molar-refractivity contribution in [2.75, 3.05) is 12.4 Å². The maximum absolute atomic E-state index is 6.00. The second-order valence-corrected chi connectivity index (χ2v) is 6.36. The smallest absolute Gasteiger partial charge is 0.207 e. The molecule has 7 heteroatoms. The molecular formula is C16H13Cl2N3OS. The van der Waals surface area contributed by atoms with Crippen molar-refractivity contribution in [3.05, 3.63) is 63.9 Å². The van der Waals surface area contributed by atoms with Gasteiger partial charge in [-0.3, -0.25) is 0 Å². The zero-order valence-electron chi connectivity index (χ0n) is 12.2. The first kappa shape index (κ1) is 16.1. The van der Waals surface area contributed by atoms with E-state index in [1.807, 2.05) is 30.3 Å². The van der Waals surface area contributed by atoms with E-state index in [1.165, 1.54) is 11.5 Å². The van der Waals surface area contributed by atoms with Gasteiger partial charge in [0.05, 0.1) is 17.2 Å². The summed E-state index contributed by atoms with van der Waals surface area (Å²) < 4.78 is 9.60. The summed E-state index contributed by atoms with van der Waals surface area (Å²) in [7, 11) is 1.65. The summed E-state index contributed by atoms with van der Waals surface area (Å²) in [5.41, 5.74) is 1.92. The number of hydrogen-bond acceptors (Lipinski definition) is 5. The van der Waals surface area contributed by atoms with E-state index in [-0.39, 0.29) is 0 Å². The van der Waals surface area contributed by atoms with Gasteiger partial charge in [-0.25, -0.2) is 4.98 Å². The second kappa shape index (κ2) is 7.17. The molecule has 0 aliphatic rings. The quantitative estimate of drug-likeness (QED) is 0.675. The van der Waals surface area contributed by atoms with Crippen LogP contribution in [0, 0.1) is 0 Å². The summed E-state index contributed by atoms with van der Waals surface area (Å²) in [6.07, 6.45) is 0.650. The van der Waals surface area contributed by atoms with Gasteiger partial charge >= 0.3 is 0 Å². The zero-order chi connectivity index (χ0) is 16.2. The zero-order valence-corrected chi connectivity index (χ0v) is 14.5. The molecule has 0 aliphatic heterocycles. The molecule has 3 rings (SSSR count). The Bertz CT molecular complexity index is 823. The predicted molar refractivity (Wildman–Crippen MR) is 95.5 cm³/mol. The maximum Gasteiger partial charge on any atom is 0.207 e. The fraction of sp³-hybridized carbons (Fsp3) is 0.125. The van der Waals surface area contributed by atoms with E-state index in [0.717, 1.165) is 22.8 Å². The third kappa shape index (κ3) is 4.13. The first-order valence-electron chi connectivity index (χ1n) is 6.81. The minimum atomic E-state index is 0.498. The highest BCUT2D eigenvalue weighted by Crippen LogP contribution is 2.27. The number of nitrogens with one attached hydrogen (secondary N) is 1. The average Bonchev–Trinajstić information content (AvgIpc) is 2.98. The Balaban J connectivity index is 1.71. The number of methoxy groups -OCH3 is 1. The summed E-state index contributed by atoms with van der Waals surface area (Å²) >= 11 is 13.2. The van der Waals surface area contributed by atoms with Crippen molar-refractivity contribution in [1.82, 2.24) is 9.36 Å². The molecule has 118 valence electrons. The number of anilines is 2. The van der Waals surface area contributed by atoms with E-state index in [2.05, 4.69) is 14.7 Å². The SMILES string of the molecule is COc1cccc(Cc2nsc(Nc3ccc(Cl)c(Cl)c3)n2)c1. The van der Waals surface area contributed by atoms with Gasteiger partial charge in [-0.1, -0.05) is 35.3 Å². The van der Waals surface area contributed by atoms with Crippen molar-refractivity contribution < 1.29 is 4.74 Å². The molecule has 2 aromatic carbocycles. The van der Waals surface area contributed by atoms with Crippen LogP contribution in [-0.4, -0.2) is 16.5 Å². The average molecular weight is 366 g/mol. The van der Waals surface area contributed by atoms with Crippen molar-refractivity contribution in [3.63, 3.8) is 0 Å².